The van der Waals surface area contributed by atoms with Gasteiger partial charge in [0.1, 0.15) is 5.75 Å². The molecule has 0 atom stereocenters. The van der Waals surface area contributed by atoms with Gasteiger partial charge in [-0.1, -0.05) is 0 Å². The van der Waals surface area contributed by atoms with Crippen LogP contribution in [0.5, 0.6) is 17.2 Å². The molecule has 118 valence electrons. The standard InChI is InChI=1S/C17H15NO5/c1-10(19)13-7-15-16(23-9-22-15)8-14(13)18-17(20)11-3-5-12(21-2)6-4-11/h3-8H,9H2,1-2H3,(H,18,20). The molecule has 2 aromatic carbocycles. The minimum atomic E-state index is -0.325. The molecule has 1 amide bonds. The molecule has 0 saturated carbocycles. The summed E-state index contributed by atoms with van der Waals surface area (Å²) in [4.78, 5) is 24.2. The van der Waals surface area contributed by atoms with Gasteiger partial charge in [-0.05, 0) is 37.3 Å². The first-order valence-electron chi connectivity index (χ1n) is 6.98. The topological polar surface area (TPSA) is 73.9 Å². The van der Waals surface area contributed by atoms with Gasteiger partial charge in [-0.25, -0.2) is 0 Å². The molecule has 1 aliphatic rings. The van der Waals surface area contributed by atoms with E-state index in [1.807, 2.05) is 0 Å². The van der Waals surface area contributed by atoms with Crippen LogP contribution in [0.1, 0.15) is 27.6 Å². The number of methoxy groups -OCH3 is 1. The van der Waals surface area contributed by atoms with Crippen molar-refractivity contribution in [2.45, 2.75) is 6.92 Å². The number of ether oxygens (including phenoxy) is 3. The number of nitrogens with one attached hydrogen (secondary N) is 1. The third kappa shape index (κ3) is 2.96. The summed E-state index contributed by atoms with van der Waals surface area (Å²) in [5.74, 6) is 1.16. The lowest BCUT2D eigenvalue weighted by molar-refractivity contribution is 0.101. The zero-order valence-corrected chi connectivity index (χ0v) is 12.7. The van der Waals surface area contributed by atoms with Gasteiger partial charge < -0.3 is 19.5 Å². The Morgan fingerprint density at radius 2 is 1.74 bits per heavy atom. The molecule has 3 rings (SSSR count). The lowest BCUT2D eigenvalue weighted by atomic mass is 10.1. The van der Waals surface area contributed by atoms with E-state index in [0.717, 1.165) is 0 Å². The number of fused-ring (bicyclic) bond motifs is 1. The van der Waals surface area contributed by atoms with Crippen LogP contribution in [-0.2, 0) is 0 Å². The summed E-state index contributed by atoms with van der Waals surface area (Å²) < 4.78 is 15.6. The highest BCUT2D eigenvalue weighted by Gasteiger charge is 2.20. The average Bonchev–Trinajstić information content (AvgIpc) is 3.01. The Kier molecular flexibility index (Phi) is 3.89. The summed E-state index contributed by atoms with van der Waals surface area (Å²) >= 11 is 0. The quantitative estimate of drug-likeness (QED) is 0.879. The van der Waals surface area contributed by atoms with Crippen LogP contribution in [0.15, 0.2) is 36.4 Å². The summed E-state index contributed by atoms with van der Waals surface area (Å²) in [6, 6.07) is 9.86. The molecular formula is C17H15NO5. The molecule has 0 spiro atoms. The number of Topliss-reactive ketones (excluding diaryl/α,β-unsaturated/α-hetero) is 1. The normalized spacial score (nSPS) is 11.9. The zero-order valence-electron chi connectivity index (χ0n) is 12.7. The Labute approximate surface area is 133 Å². The second kappa shape index (κ2) is 6.00. The fourth-order valence-corrected chi connectivity index (χ4v) is 2.27. The van der Waals surface area contributed by atoms with Crippen molar-refractivity contribution < 1.29 is 23.8 Å². The van der Waals surface area contributed by atoms with Crippen molar-refractivity contribution in [2.75, 3.05) is 19.2 Å². The highest BCUT2D eigenvalue weighted by molar-refractivity contribution is 6.09. The van der Waals surface area contributed by atoms with Crippen LogP contribution in [0.25, 0.3) is 0 Å². The number of carbonyl (C=O) groups is 2. The highest BCUT2D eigenvalue weighted by Crippen LogP contribution is 2.37. The van der Waals surface area contributed by atoms with E-state index in [0.29, 0.717) is 34.1 Å². The molecule has 1 aliphatic heterocycles. The summed E-state index contributed by atoms with van der Waals surface area (Å²) in [5, 5.41) is 2.74. The summed E-state index contributed by atoms with van der Waals surface area (Å²) in [6.07, 6.45) is 0. The Morgan fingerprint density at radius 1 is 1.09 bits per heavy atom. The van der Waals surface area contributed by atoms with Gasteiger partial charge in [0.15, 0.2) is 17.3 Å². The third-order valence-corrected chi connectivity index (χ3v) is 3.49. The zero-order chi connectivity index (χ0) is 16.4. The molecule has 0 fully saturated rings. The first-order valence-corrected chi connectivity index (χ1v) is 6.98. The SMILES string of the molecule is COc1ccc(C(=O)Nc2cc3c(cc2C(C)=O)OCO3)cc1. The minimum Gasteiger partial charge on any atom is -0.497 e. The first kappa shape index (κ1) is 14.9. The van der Waals surface area contributed by atoms with Crippen LogP contribution in [0, 0.1) is 0 Å². The molecule has 0 aliphatic carbocycles. The molecule has 23 heavy (non-hydrogen) atoms. The number of carbonyl (C=O) groups excluding carboxylic acids is 2. The van der Waals surface area contributed by atoms with Crippen LogP contribution in [0.4, 0.5) is 5.69 Å². The summed E-state index contributed by atoms with van der Waals surface area (Å²) in [5.41, 5.74) is 1.22. The van der Waals surface area contributed by atoms with Gasteiger partial charge in [-0.15, -0.1) is 0 Å². The smallest absolute Gasteiger partial charge is 0.255 e. The third-order valence-electron chi connectivity index (χ3n) is 3.49. The van der Waals surface area contributed by atoms with Gasteiger partial charge in [0.05, 0.1) is 12.8 Å². The van der Waals surface area contributed by atoms with E-state index >= 15 is 0 Å². The van der Waals surface area contributed by atoms with Gasteiger partial charge in [-0.2, -0.15) is 0 Å². The van der Waals surface area contributed by atoms with E-state index in [9.17, 15) is 9.59 Å². The maximum absolute atomic E-state index is 12.4. The number of hydrogen-bond acceptors (Lipinski definition) is 5. The van der Waals surface area contributed by atoms with Crippen LogP contribution >= 0.6 is 0 Å². The molecule has 2 aromatic rings. The van der Waals surface area contributed by atoms with Crippen molar-refractivity contribution in [1.82, 2.24) is 0 Å². The van der Waals surface area contributed by atoms with E-state index in [1.165, 1.54) is 6.92 Å². The fourth-order valence-electron chi connectivity index (χ4n) is 2.27. The molecule has 0 unspecified atom stereocenters. The molecule has 0 radical (unpaired) electrons. The molecular weight excluding hydrogens is 298 g/mol. The maximum Gasteiger partial charge on any atom is 0.255 e. The second-order valence-corrected chi connectivity index (χ2v) is 4.99. The first-order chi connectivity index (χ1) is 11.1. The molecule has 0 aromatic heterocycles. The molecule has 6 nitrogen and oxygen atoms in total. The highest BCUT2D eigenvalue weighted by atomic mass is 16.7. The van der Waals surface area contributed by atoms with Crippen molar-refractivity contribution >= 4 is 17.4 Å². The Balaban J connectivity index is 1.89. The van der Waals surface area contributed by atoms with Gasteiger partial charge >= 0.3 is 0 Å². The summed E-state index contributed by atoms with van der Waals surface area (Å²) in [7, 11) is 1.56. The van der Waals surface area contributed by atoms with Crippen LogP contribution < -0.4 is 19.5 Å². The molecule has 6 heteroatoms. The minimum absolute atomic E-state index is 0.0998. The number of rotatable bonds is 4. The monoisotopic (exact) mass is 313 g/mol. The van der Waals surface area contributed by atoms with Crippen molar-refractivity contribution in [2.24, 2.45) is 0 Å². The van der Waals surface area contributed by atoms with Gasteiger partial charge in [0.2, 0.25) is 6.79 Å². The lowest BCUT2D eigenvalue weighted by Crippen LogP contribution is -2.14. The Hall–Kier alpha value is -3.02. The number of ketones is 1. The van der Waals surface area contributed by atoms with Crippen molar-refractivity contribution in [3.8, 4) is 17.2 Å². The molecule has 0 saturated heterocycles. The predicted octanol–water partition coefficient (Wildman–Crippen LogP) is 2.88. The van der Waals surface area contributed by atoms with E-state index in [1.54, 1.807) is 43.5 Å². The van der Waals surface area contributed by atoms with Crippen LogP contribution in [0.2, 0.25) is 0 Å². The van der Waals surface area contributed by atoms with E-state index < -0.39 is 0 Å². The van der Waals surface area contributed by atoms with Crippen molar-refractivity contribution in [3.05, 3.63) is 47.5 Å². The number of hydrogen-bond donors (Lipinski definition) is 1. The van der Waals surface area contributed by atoms with Gasteiger partial charge in [-0.3, -0.25) is 9.59 Å². The Bertz CT molecular complexity index is 767. The number of amides is 1. The number of anilines is 1. The van der Waals surface area contributed by atoms with E-state index in [4.69, 9.17) is 14.2 Å². The van der Waals surface area contributed by atoms with Crippen molar-refractivity contribution in [3.63, 3.8) is 0 Å². The Morgan fingerprint density at radius 3 is 2.35 bits per heavy atom. The molecule has 0 bridgehead atoms. The second-order valence-electron chi connectivity index (χ2n) is 4.99. The fraction of sp³-hybridized carbons (Fsp3) is 0.176. The maximum atomic E-state index is 12.4. The largest absolute Gasteiger partial charge is 0.497 e. The van der Waals surface area contributed by atoms with Crippen LogP contribution in [-0.4, -0.2) is 25.6 Å². The number of benzene rings is 2. The van der Waals surface area contributed by atoms with Gasteiger partial charge in [0.25, 0.3) is 5.91 Å². The predicted molar refractivity (Wildman–Crippen MR) is 83.5 cm³/mol. The summed E-state index contributed by atoms with van der Waals surface area (Å²) in [6.45, 7) is 1.53. The van der Waals surface area contributed by atoms with Gasteiger partial charge in [0, 0.05) is 17.2 Å². The lowest BCUT2D eigenvalue weighted by Gasteiger charge is -2.11. The average molecular weight is 313 g/mol. The molecule has 1 heterocycles. The van der Waals surface area contributed by atoms with E-state index in [2.05, 4.69) is 5.32 Å². The van der Waals surface area contributed by atoms with E-state index in [-0.39, 0.29) is 18.5 Å². The van der Waals surface area contributed by atoms with Crippen LogP contribution in [0.3, 0.4) is 0 Å². The molecule has 1 N–H and O–H groups in total. The van der Waals surface area contributed by atoms with Crippen molar-refractivity contribution in [1.29, 1.82) is 0 Å².